The van der Waals surface area contributed by atoms with Crippen molar-refractivity contribution in [3.8, 4) is 11.3 Å². The van der Waals surface area contributed by atoms with Crippen molar-refractivity contribution in [2.24, 2.45) is 0 Å². The Hall–Kier alpha value is -2.51. The number of benzene rings is 1. The van der Waals surface area contributed by atoms with E-state index in [0.717, 1.165) is 37.2 Å². The lowest BCUT2D eigenvalue weighted by Crippen LogP contribution is -2.37. The van der Waals surface area contributed by atoms with Gasteiger partial charge in [0, 0.05) is 36.9 Å². The van der Waals surface area contributed by atoms with E-state index in [1.807, 2.05) is 12.1 Å². The largest absolute Gasteiger partial charge is 0.381 e. The van der Waals surface area contributed by atoms with E-state index in [4.69, 9.17) is 16.3 Å². The molecule has 8 heteroatoms. The average Bonchev–Trinajstić information content (AvgIpc) is 3.05. The van der Waals surface area contributed by atoms with Gasteiger partial charge in [-0.3, -0.25) is 9.59 Å². The number of fused-ring (bicyclic) bond motifs is 1. The molecule has 1 fully saturated rings. The molecule has 3 heterocycles. The van der Waals surface area contributed by atoms with E-state index in [0.29, 0.717) is 28.8 Å². The number of amides is 1. The smallest absolute Gasteiger partial charge is 0.255 e. The van der Waals surface area contributed by atoms with Crippen molar-refractivity contribution in [3.05, 3.63) is 40.5 Å². The summed E-state index contributed by atoms with van der Waals surface area (Å²) < 4.78 is 5.38. The topological polar surface area (TPSA) is 84.4 Å². The Kier molecular flexibility index (Phi) is 5.52. The minimum Gasteiger partial charge on any atom is -0.381 e. The van der Waals surface area contributed by atoms with Gasteiger partial charge in [0.25, 0.3) is 5.91 Å². The van der Waals surface area contributed by atoms with E-state index in [1.165, 1.54) is 6.92 Å². The Balaban J connectivity index is 1.61. The van der Waals surface area contributed by atoms with Crippen LogP contribution in [-0.2, 0) is 16.1 Å². The fourth-order valence-electron chi connectivity index (χ4n) is 3.67. The highest BCUT2D eigenvalue weighted by atomic mass is 35.5. The average molecular weight is 415 g/mol. The minimum atomic E-state index is -0.448. The summed E-state index contributed by atoms with van der Waals surface area (Å²) in [7, 11) is 0. The number of carbonyl (C=O) groups is 2. The van der Waals surface area contributed by atoms with Crippen molar-refractivity contribution in [2.45, 2.75) is 45.3 Å². The zero-order valence-corrected chi connectivity index (χ0v) is 17.2. The molecule has 2 aromatic rings. The maximum atomic E-state index is 12.8. The molecule has 1 N–H and O–H groups in total. The van der Waals surface area contributed by atoms with Crippen LogP contribution in [0, 0.1) is 0 Å². The first-order valence-electron chi connectivity index (χ1n) is 9.75. The molecule has 2 aliphatic heterocycles. The molecule has 0 saturated carbocycles. The lowest BCUT2D eigenvalue weighted by atomic mass is 10.0. The van der Waals surface area contributed by atoms with Gasteiger partial charge < -0.3 is 15.0 Å². The van der Waals surface area contributed by atoms with Gasteiger partial charge in [-0.2, -0.15) is 0 Å². The zero-order chi connectivity index (χ0) is 20.5. The molecule has 1 atom stereocenters. The fourth-order valence-corrected chi connectivity index (χ4v) is 3.87. The number of ketones is 1. The molecule has 1 aromatic carbocycles. The third kappa shape index (κ3) is 3.97. The van der Waals surface area contributed by atoms with E-state index < -0.39 is 6.04 Å². The minimum absolute atomic E-state index is 0.0333. The van der Waals surface area contributed by atoms with Crippen LogP contribution >= 0.6 is 11.6 Å². The van der Waals surface area contributed by atoms with E-state index in [-0.39, 0.29) is 17.7 Å². The van der Waals surface area contributed by atoms with Crippen molar-refractivity contribution >= 4 is 29.2 Å². The van der Waals surface area contributed by atoms with E-state index in [9.17, 15) is 9.59 Å². The van der Waals surface area contributed by atoms with Gasteiger partial charge in [-0.05, 0) is 38.3 Å². The normalized spacial score (nSPS) is 17.9. The van der Waals surface area contributed by atoms with Gasteiger partial charge in [0.2, 0.25) is 5.95 Å². The summed E-state index contributed by atoms with van der Waals surface area (Å²) in [6.07, 6.45) is 3.38. The summed E-state index contributed by atoms with van der Waals surface area (Å²) in [5, 5.41) is 3.76. The molecule has 1 saturated heterocycles. The molecule has 4 rings (SSSR count). The van der Waals surface area contributed by atoms with Gasteiger partial charge in [-0.15, -0.1) is 0 Å². The highest BCUT2D eigenvalue weighted by molar-refractivity contribution is 6.33. The van der Waals surface area contributed by atoms with Crippen LogP contribution in [0.1, 0.15) is 42.6 Å². The molecule has 0 radical (unpaired) electrons. The summed E-state index contributed by atoms with van der Waals surface area (Å²) >= 11 is 6.37. The molecule has 0 bridgehead atoms. The van der Waals surface area contributed by atoms with Crippen LogP contribution in [0.3, 0.4) is 0 Å². The molecule has 152 valence electrons. The predicted molar refractivity (Wildman–Crippen MR) is 110 cm³/mol. The van der Waals surface area contributed by atoms with Gasteiger partial charge in [-0.1, -0.05) is 23.7 Å². The maximum absolute atomic E-state index is 12.8. The Morgan fingerprint density at radius 3 is 2.83 bits per heavy atom. The van der Waals surface area contributed by atoms with Gasteiger partial charge in [0.1, 0.15) is 0 Å². The number of Topliss-reactive ketones (excluding diaryl/α,β-unsaturated/α-hetero) is 1. The third-order valence-corrected chi connectivity index (χ3v) is 5.85. The highest BCUT2D eigenvalue weighted by Gasteiger charge is 2.33. The van der Waals surface area contributed by atoms with Gasteiger partial charge in [-0.25, -0.2) is 9.97 Å². The molecular weight excluding hydrogens is 392 g/mol. The molecule has 0 aliphatic carbocycles. The SMILES string of the molecule is CC(=O)C(C)N1Cc2ccc(-c3nc(NC4CCOCC4)ncc3Cl)cc2C1=O. The lowest BCUT2D eigenvalue weighted by Gasteiger charge is -2.23. The van der Waals surface area contributed by atoms with Gasteiger partial charge in [0.05, 0.1) is 23.0 Å². The molecule has 2 aliphatic rings. The molecule has 1 aromatic heterocycles. The van der Waals surface area contributed by atoms with E-state index in [2.05, 4.69) is 15.3 Å². The van der Waals surface area contributed by atoms with Crippen molar-refractivity contribution in [1.29, 1.82) is 0 Å². The fraction of sp³-hybridized carbons (Fsp3) is 0.429. The summed E-state index contributed by atoms with van der Waals surface area (Å²) in [5.74, 6) is 0.333. The second-order valence-corrected chi connectivity index (χ2v) is 7.92. The van der Waals surface area contributed by atoms with Crippen LogP contribution in [0.25, 0.3) is 11.3 Å². The molecule has 7 nitrogen and oxygen atoms in total. The van der Waals surface area contributed by atoms with Crippen LogP contribution in [0.4, 0.5) is 5.95 Å². The standard InChI is InChI=1S/C21H23ClN4O3/c1-12(13(2)27)26-11-15-4-3-14(9-17(15)20(26)28)19-18(22)10-23-21(25-19)24-16-5-7-29-8-6-16/h3-4,9-10,12,16H,5-8,11H2,1-2H3,(H,23,24,25). The van der Waals surface area contributed by atoms with Gasteiger partial charge in [0.15, 0.2) is 5.78 Å². The number of aromatic nitrogens is 2. The Bertz CT molecular complexity index is 959. The second-order valence-electron chi connectivity index (χ2n) is 7.51. The number of nitrogens with one attached hydrogen (secondary N) is 1. The molecular formula is C21H23ClN4O3. The number of nitrogens with zero attached hydrogens (tertiary/aromatic N) is 3. The zero-order valence-electron chi connectivity index (χ0n) is 16.4. The summed E-state index contributed by atoms with van der Waals surface area (Å²) in [6.45, 7) is 5.13. The number of rotatable bonds is 5. The molecule has 1 unspecified atom stereocenters. The van der Waals surface area contributed by atoms with Crippen molar-refractivity contribution in [2.75, 3.05) is 18.5 Å². The van der Waals surface area contributed by atoms with Crippen molar-refractivity contribution in [1.82, 2.24) is 14.9 Å². The number of carbonyl (C=O) groups excluding carboxylic acids is 2. The van der Waals surface area contributed by atoms with E-state index in [1.54, 1.807) is 24.1 Å². The first-order valence-corrected chi connectivity index (χ1v) is 10.1. The Morgan fingerprint density at radius 2 is 2.10 bits per heavy atom. The van der Waals surface area contributed by atoms with Crippen LogP contribution in [0.2, 0.25) is 5.02 Å². The highest BCUT2D eigenvalue weighted by Crippen LogP contribution is 2.32. The number of ether oxygens (including phenoxy) is 1. The van der Waals surface area contributed by atoms with Crippen molar-refractivity contribution in [3.63, 3.8) is 0 Å². The maximum Gasteiger partial charge on any atom is 0.255 e. The summed E-state index contributed by atoms with van der Waals surface area (Å²) in [6, 6.07) is 5.42. The summed E-state index contributed by atoms with van der Waals surface area (Å²) in [5.41, 5.74) is 2.81. The third-order valence-electron chi connectivity index (χ3n) is 5.57. The lowest BCUT2D eigenvalue weighted by molar-refractivity contribution is -0.120. The molecule has 1 amide bonds. The molecule has 29 heavy (non-hydrogen) atoms. The number of anilines is 1. The van der Waals surface area contributed by atoms with Crippen LogP contribution in [0.15, 0.2) is 24.4 Å². The first kappa shape index (κ1) is 19.8. The van der Waals surface area contributed by atoms with Crippen LogP contribution in [0.5, 0.6) is 0 Å². The summed E-state index contributed by atoms with van der Waals surface area (Å²) in [4.78, 5) is 35.0. The Morgan fingerprint density at radius 1 is 1.34 bits per heavy atom. The molecule has 0 spiro atoms. The van der Waals surface area contributed by atoms with Crippen LogP contribution in [-0.4, -0.2) is 51.9 Å². The van der Waals surface area contributed by atoms with Gasteiger partial charge >= 0.3 is 0 Å². The first-order chi connectivity index (χ1) is 13.9. The Labute approximate surface area is 174 Å². The monoisotopic (exact) mass is 414 g/mol. The number of hydrogen-bond donors (Lipinski definition) is 1. The number of halogens is 1. The number of hydrogen-bond acceptors (Lipinski definition) is 6. The second kappa shape index (κ2) is 8.08. The quantitative estimate of drug-likeness (QED) is 0.807. The predicted octanol–water partition coefficient (Wildman–Crippen LogP) is 3.32. The van der Waals surface area contributed by atoms with E-state index >= 15 is 0 Å². The van der Waals surface area contributed by atoms with Crippen LogP contribution < -0.4 is 5.32 Å². The van der Waals surface area contributed by atoms with Crippen molar-refractivity contribution < 1.29 is 14.3 Å².